The topological polar surface area (TPSA) is 55.4 Å². The van der Waals surface area contributed by atoms with Gasteiger partial charge in [-0.1, -0.05) is 6.58 Å². The fourth-order valence-electron chi connectivity index (χ4n) is 0.756. The van der Waals surface area contributed by atoms with Crippen LogP contribution < -0.4 is 5.32 Å². The molecule has 1 N–H and O–H groups in total. The van der Waals surface area contributed by atoms with E-state index in [2.05, 4.69) is 16.6 Å². The predicted octanol–water partition coefficient (Wildman–Crippen LogP) is 1.02. The quantitative estimate of drug-likeness (QED) is 0.545. The van der Waals surface area contributed by atoms with Gasteiger partial charge in [0.05, 0.1) is 13.5 Å². The molecular weight excluding hydrogens is 182 g/mol. The molecule has 0 atom stereocenters. The zero-order valence-electron chi connectivity index (χ0n) is 9.14. The Morgan fingerprint density at radius 3 is 2.21 bits per heavy atom. The SMILES string of the molecule is C=C(CC(=O)OC)C(=O)NC(C)(C)C. The van der Waals surface area contributed by atoms with Gasteiger partial charge in [-0.2, -0.15) is 0 Å². The highest BCUT2D eigenvalue weighted by Crippen LogP contribution is 2.04. The maximum absolute atomic E-state index is 11.4. The average Bonchev–Trinajstić information content (AvgIpc) is 2.00. The van der Waals surface area contributed by atoms with Gasteiger partial charge in [-0.3, -0.25) is 9.59 Å². The van der Waals surface area contributed by atoms with Crippen LogP contribution in [0.5, 0.6) is 0 Å². The van der Waals surface area contributed by atoms with Crippen molar-refractivity contribution in [3.8, 4) is 0 Å². The van der Waals surface area contributed by atoms with Crippen LogP contribution in [0.2, 0.25) is 0 Å². The summed E-state index contributed by atoms with van der Waals surface area (Å²) in [6, 6.07) is 0. The molecule has 0 aliphatic carbocycles. The molecule has 0 saturated carbocycles. The van der Waals surface area contributed by atoms with Gasteiger partial charge in [-0.25, -0.2) is 0 Å². The maximum atomic E-state index is 11.4. The van der Waals surface area contributed by atoms with Gasteiger partial charge in [0.1, 0.15) is 0 Å². The van der Waals surface area contributed by atoms with Crippen molar-refractivity contribution < 1.29 is 14.3 Å². The summed E-state index contributed by atoms with van der Waals surface area (Å²) >= 11 is 0. The van der Waals surface area contributed by atoms with Crippen LogP contribution in [-0.4, -0.2) is 24.5 Å². The minimum atomic E-state index is -0.459. The Bertz CT molecular complexity index is 251. The number of ether oxygens (including phenoxy) is 1. The number of hydrogen-bond donors (Lipinski definition) is 1. The fourth-order valence-corrected chi connectivity index (χ4v) is 0.756. The van der Waals surface area contributed by atoms with Gasteiger partial charge in [0.25, 0.3) is 0 Å². The van der Waals surface area contributed by atoms with E-state index >= 15 is 0 Å². The summed E-state index contributed by atoms with van der Waals surface area (Å²) in [4.78, 5) is 22.2. The predicted molar refractivity (Wildman–Crippen MR) is 53.7 cm³/mol. The Hall–Kier alpha value is -1.32. The van der Waals surface area contributed by atoms with Crippen LogP contribution in [0.25, 0.3) is 0 Å². The fraction of sp³-hybridized carbons (Fsp3) is 0.600. The van der Waals surface area contributed by atoms with E-state index in [1.165, 1.54) is 7.11 Å². The summed E-state index contributed by atoms with van der Waals surface area (Å²) in [5.41, 5.74) is -0.109. The monoisotopic (exact) mass is 199 g/mol. The summed E-state index contributed by atoms with van der Waals surface area (Å²) in [6.07, 6.45) is -0.0710. The molecule has 0 bridgehead atoms. The molecule has 0 rings (SSSR count). The molecule has 1 amide bonds. The molecule has 0 aromatic heterocycles. The third kappa shape index (κ3) is 5.35. The van der Waals surface area contributed by atoms with Crippen LogP contribution in [0, 0.1) is 0 Å². The summed E-state index contributed by atoms with van der Waals surface area (Å²) in [5, 5.41) is 2.70. The van der Waals surface area contributed by atoms with Crippen LogP contribution in [0.3, 0.4) is 0 Å². The smallest absolute Gasteiger partial charge is 0.310 e. The van der Waals surface area contributed by atoms with Crippen molar-refractivity contribution in [2.75, 3.05) is 7.11 Å². The van der Waals surface area contributed by atoms with Crippen LogP contribution in [0.15, 0.2) is 12.2 Å². The second kappa shape index (κ2) is 4.79. The molecule has 0 fully saturated rings. The lowest BCUT2D eigenvalue weighted by atomic mass is 10.1. The van der Waals surface area contributed by atoms with Gasteiger partial charge in [-0.05, 0) is 20.8 Å². The van der Waals surface area contributed by atoms with E-state index in [1.54, 1.807) is 0 Å². The molecule has 0 unspecified atom stereocenters. The molecule has 0 aromatic carbocycles. The van der Waals surface area contributed by atoms with E-state index in [1.807, 2.05) is 20.8 Å². The Labute approximate surface area is 84.3 Å². The third-order valence-corrected chi connectivity index (χ3v) is 1.40. The van der Waals surface area contributed by atoms with E-state index in [9.17, 15) is 9.59 Å². The van der Waals surface area contributed by atoms with E-state index < -0.39 is 5.97 Å². The zero-order valence-corrected chi connectivity index (χ0v) is 9.14. The first-order chi connectivity index (χ1) is 6.26. The first-order valence-corrected chi connectivity index (χ1v) is 4.33. The van der Waals surface area contributed by atoms with Crippen molar-refractivity contribution in [3.63, 3.8) is 0 Å². The Balaban J connectivity index is 4.15. The van der Waals surface area contributed by atoms with Crippen molar-refractivity contribution >= 4 is 11.9 Å². The van der Waals surface area contributed by atoms with Crippen molar-refractivity contribution in [2.45, 2.75) is 32.7 Å². The Morgan fingerprint density at radius 1 is 1.36 bits per heavy atom. The van der Waals surface area contributed by atoms with Crippen molar-refractivity contribution in [3.05, 3.63) is 12.2 Å². The number of nitrogens with one attached hydrogen (secondary N) is 1. The minimum absolute atomic E-state index is 0.0710. The Morgan fingerprint density at radius 2 is 1.86 bits per heavy atom. The molecule has 0 saturated heterocycles. The number of carbonyl (C=O) groups excluding carboxylic acids is 2. The van der Waals surface area contributed by atoms with Crippen LogP contribution in [-0.2, 0) is 14.3 Å². The molecule has 80 valence electrons. The number of rotatable bonds is 3. The van der Waals surface area contributed by atoms with Gasteiger partial charge >= 0.3 is 5.97 Å². The van der Waals surface area contributed by atoms with Gasteiger partial charge < -0.3 is 10.1 Å². The maximum Gasteiger partial charge on any atom is 0.310 e. The van der Waals surface area contributed by atoms with Gasteiger partial charge in [-0.15, -0.1) is 0 Å². The van der Waals surface area contributed by atoms with Crippen LogP contribution in [0.1, 0.15) is 27.2 Å². The lowest BCUT2D eigenvalue weighted by Gasteiger charge is -2.20. The van der Waals surface area contributed by atoms with Crippen molar-refractivity contribution in [1.29, 1.82) is 0 Å². The number of carbonyl (C=O) groups is 2. The molecule has 0 aliphatic heterocycles. The third-order valence-electron chi connectivity index (χ3n) is 1.40. The molecule has 0 heterocycles. The number of amides is 1. The molecule has 0 aromatic rings. The lowest BCUT2D eigenvalue weighted by molar-refractivity contribution is -0.140. The minimum Gasteiger partial charge on any atom is -0.469 e. The van der Waals surface area contributed by atoms with E-state index in [0.29, 0.717) is 0 Å². The summed E-state index contributed by atoms with van der Waals surface area (Å²) < 4.78 is 4.42. The first kappa shape index (κ1) is 12.7. The van der Waals surface area contributed by atoms with E-state index in [-0.39, 0.29) is 23.4 Å². The highest BCUT2D eigenvalue weighted by Gasteiger charge is 2.17. The van der Waals surface area contributed by atoms with E-state index in [0.717, 1.165) is 0 Å². The van der Waals surface area contributed by atoms with E-state index in [4.69, 9.17) is 0 Å². The average molecular weight is 199 g/mol. The summed E-state index contributed by atoms with van der Waals surface area (Å²) in [7, 11) is 1.28. The summed E-state index contributed by atoms with van der Waals surface area (Å²) in [6.45, 7) is 9.09. The van der Waals surface area contributed by atoms with Gasteiger partial charge in [0.2, 0.25) is 5.91 Å². The van der Waals surface area contributed by atoms with Crippen LogP contribution in [0.4, 0.5) is 0 Å². The van der Waals surface area contributed by atoms with Crippen molar-refractivity contribution in [2.24, 2.45) is 0 Å². The molecule has 0 radical (unpaired) electrons. The molecule has 0 aliphatic rings. The molecule has 4 nitrogen and oxygen atoms in total. The lowest BCUT2D eigenvalue weighted by Crippen LogP contribution is -2.41. The molecule has 14 heavy (non-hydrogen) atoms. The largest absolute Gasteiger partial charge is 0.469 e. The van der Waals surface area contributed by atoms with Crippen LogP contribution >= 0.6 is 0 Å². The highest BCUT2D eigenvalue weighted by atomic mass is 16.5. The summed E-state index contributed by atoms with van der Waals surface area (Å²) in [5.74, 6) is -0.776. The molecule has 0 spiro atoms. The first-order valence-electron chi connectivity index (χ1n) is 4.33. The second-order valence-electron chi connectivity index (χ2n) is 4.06. The van der Waals surface area contributed by atoms with Crippen molar-refractivity contribution in [1.82, 2.24) is 5.32 Å². The Kier molecular flexibility index (Phi) is 4.34. The highest BCUT2D eigenvalue weighted by molar-refractivity contribution is 5.97. The molecule has 4 heteroatoms. The number of methoxy groups -OCH3 is 1. The second-order valence-corrected chi connectivity index (χ2v) is 4.06. The van der Waals surface area contributed by atoms with Gasteiger partial charge in [0, 0.05) is 11.1 Å². The number of esters is 1. The zero-order chi connectivity index (χ0) is 11.4. The number of hydrogen-bond acceptors (Lipinski definition) is 3. The van der Waals surface area contributed by atoms with Gasteiger partial charge in [0.15, 0.2) is 0 Å². The molecular formula is C10H17NO3. The standard InChI is InChI=1S/C10H17NO3/c1-7(6-8(12)14-5)9(13)11-10(2,3)4/h1,6H2,2-5H3,(H,11,13). The normalized spacial score (nSPS) is 10.6.